The zero-order chi connectivity index (χ0) is 15.5. The van der Waals surface area contributed by atoms with E-state index in [2.05, 4.69) is 20.3 Å². The van der Waals surface area contributed by atoms with Crippen LogP contribution in [0.25, 0.3) is 11.0 Å². The number of nitrogens with zero attached hydrogens (tertiary/aromatic N) is 2. The van der Waals surface area contributed by atoms with Crippen molar-refractivity contribution < 1.29 is 4.79 Å². The van der Waals surface area contributed by atoms with Crippen LogP contribution in [0.5, 0.6) is 0 Å². The number of carbonyl (C=O) groups excluding carboxylic acids is 1. The average Bonchev–Trinajstić information content (AvgIpc) is 2.94. The van der Waals surface area contributed by atoms with Crippen LogP contribution in [0, 0.1) is 0 Å². The second-order valence-electron chi connectivity index (χ2n) is 4.74. The zero-order valence-corrected chi connectivity index (χ0v) is 11.5. The van der Waals surface area contributed by atoms with Gasteiger partial charge in [-0.2, -0.15) is 0 Å². The number of rotatable bonds is 4. The fourth-order valence-electron chi connectivity index (χ4n) is 2.08. The van der Waals surface area contributed by atoms with Crippen LogP contribution in [-0.4, -0.2) is 25.4 Å². The number of imidazole rings is 1. The van der Waals surface area contributed by atoms with Crippen LogP contribution < -0.4 is 16.6 Å². The molecule has 1 aromatic carbocycles. The predicted molar refractivity (Wildman–Crippen MR) is 80.7 cm³/mol. The van der Waals surface area contributed by atoms with Crippen molar-refractivity contribution in [2.75, 3.05) is 5.32 Å². The van der Waals surface area contributed by atoms with Crippen molar-refractivity contribution in [3.63, 3.8) is 0 Å². The molecule has 0 atom stereocenters. The summed E-state index contributed by atoms with van der Waals surface area (Å²) < 4.78 is 1.28. The predicted octanol–water partition coefficient (Wildman–Crippen LogP) is 0.442. The van der Waals surface area contributed by atoms with Crippen LogP contribution in [-0.2, 0) is 11.3 Å². The number of hydrogen-bond donors (Lipinski definition) is 3. The van der Waals surface area contributed by atoms with Crippen LogP contribution in [0.3, 0.4) is 0 Å². The summed E-state index contributed by atoms with van der Waals surface area (Å²) in [7, 11) is 0. The highest BCUT2D eigenvalue weighted by atomic mass is 16.2. The second kappa shape index (κ2) is 5.68. The van der Waals surface area contributed by atoms with Gasteiger partial charge >= 0.3 is 5.69 Å². The number of aryl methyl sites for hydroxylation is 1. The number of nitrogens with one attached hydrogen (secondary N) is 3. The van der Waals surface area contributed by atoms with Crippen molar-refractivity contribution in [1.29, 1.82) is 0 Å². The smallest absolute Gasteiger partial charge is 0.328 e. The molecule has 0 radical (unpaired) electrons. The van der Waals surface area contributed by atoms with Crippen LogP contribution in [0.1, 0.15) is 6.42 Å². The molecule has 1 amide bonds. The lowest BCUT2D eigenvalue weighted by molar-refractivity contribution is -0.116. The molecule has 0 saturated carbocycles. The summed E-state index contributed by atoms with van der Waals surface area (Å²) in [6.45, 7) is 0.188. The minimum Gasteiger partial charge on any atom is -0.345 e. The highest BCUT2D eigenvalue weighted by molar-refractivity contribution is 5.92. The summed E-state index contributed by atoms with van der Waals surface area (Å²) in [6.07, 6.45) is 3.07. The van der Waals surface area contributed by atoms with E-state index in [0.29, 0.717) is 5.69 Å². The third-order valence-electron chi connectivity index (χ3n) is 3.18. The second-order valence-corrected chi connectivity index (χ2v) is 4.74. The Morgan fingerprint density at radius 1 is 1.27 bits per heavy atom. The molecular weight excluding hydrogens is 286 g/mol. The van der Waals surface area contributed by atoms with E-state index < -0.39 is 11.2 Å². The lowest BCUT2D eigenvalue weighted by Gasteiger charge is -2.06. The van der Waals surface area contributed by atoms with Gasteiger partial charge in [0.05, 0.1) is 17.4 Å². The van der Waals surface area contributed by atoms with Gasteiger partial charge in [-0.3, -0.25) is 14.6 Å². The van der Waals surface area contributed by atoms with Gasteiger partial charge in [0.15, 0.2) is 0 Å². The molecule has 0 aliphatic rings. The van der Waals surface area contributed by atoms with Crippen LogP contribution in [0.2, 0.25) is 0 Å². The highest BCUT2D eigenvalue weighted by Gasteiger charge is 2.05. The maximum Gasteiger partial charge on any atom is 0.328 e. The molecule has 112 valence electrons. The molecule has 3 rings (SSSR count). The van der Waals surface area contributed by atoms with Gasteiger partial charge in [-0.1, -0.05) is 0 Å². The minimum atomic E-state index is -0.529. The molecule has 0 aliphatic heterocycles. The number of anilines is 1. The standard InChI is InChI=1S/C14H13N5O3/c20-12(3-5-19-6-4-13(21)18-14(19)22)17-9-1-2-10-11(7-9)16-8-15-10/h1-2,4,6-8H,3,5H2,(H,15,16)(H,17,20)(H,18,21,22). The van der Waals surface area contributed by atoms with E-state index in [1.807, 2.05) is 0 Å². The summed E-state index contributed by atoms with van der Waals surface area (Å²) in [5, 5.41) is 2.75. The molecule has 8 heteroatoms. The lowest BCUT2D eigenvalue weighted by Crippen LogP contribution is -2.29. The van der Waals surface area contributed by atoms with Crippen LogP contribution >= 0.6 is 0 Å². The highest BCUT2D eigenvalue weighted by Crippen LogP contribution is 2.15. The number of benzene rings is 1. The van der Waals surface area contributed by atoms with Gasteiger partial charge in [0.25, 0.3) is 5.56 Å². The van der Waals surface area contributed by atoms with Gasteiger partial charge in [0.1, 0.15) is 0 Å². The molecule has 0 saturated heterocycles. The molecule has 8 nitrogen and oxygen atoms in total. The summed E-state index contributed by atoms with van der Waals surface area (Å²) in [5.41, 5.74) is 1.31. The summed E-state index contributed by atoms with van der Waals surface area (Å²) in [5.74, 6) is -0.225. The van der Waals surface area contributed by atoms with Gasteiger partial charge in [0, 0.05) is 30.9 Å². The minimum absolute atomic E-state index is 0.118. The molecule has 22 heavy (non-hydrogen) atoms. The van der Waals surface area contributed by atoms with E-state index in [4.69, 9.17) is 0 Å². The fraction of sp³-hybridized carbons (Fsp3) is 0.143. The molecule has 2 heterocycles. The number of amides is 1. The largest absolute Gasteiger partial charge is 0.345 e. The third kappa shape index (κ3) is 2.95. The number of H-pyrrole nitrogens is 2. The maximum absolute atomic E-state index is 11.9. The van der Waals surface area contributed by atoms with Crippen LogP contribution in [0.4, 0.5) is 5.69 Å². The van der Waals surface area contributed by atoms with E-state index in [1.165, 1.54) is 16.8 Å². The van der Waals surface area contributed by atoms with Gasteiger partial charge in [0.2, 0.25) is 5.91 Å². The first kappa shape index (κ1) is 13.8. The Balaban J connectivity index is 1.64. The van der Waals surface area contributed by atoms with Gasteiger partial charge < -0.3 is 14.9 Å². The van der Waals surface area contributed by atoms with Crippen molar-refractivity contribution in [2.45, 2.75) is 13.0 Å². The Labute approximate surface area is 123 Å². The summed E-state index contributed by atoms with van der Waals surface area (Å²) in [6, 6.07) is 6.58. The van der Waals surface area contributed by atoms with E-state index in [1.54, 1.807) is 24.5 Å². The molecule has 3 N–H and O–H groups in total. The molecule has 2 aromatic heterocycles. The van der Waals surface area contributed by atoms with Crippen molar-refractivity contribution in [1.82, 2.24) is 19.5 Å². The van der Waals surface area contributed by atoms with E-state index in [9.17, 15) is 14.4 Å². The Kier molecular flexibility index (Phi) is 3.57. The van der Waals surface area contributed by atoms with Gasteiger partial charge in [-0.15, -0.1) is 0 Å². The Morgan fingerprint density at radius 2 is 2.14 bits per heavy atom. The van der Waals surface area contributed by atoms with E-state index in [0.717, 1.165) is 11.0 Å². The molecule has 0 unspecified atom stereocenters. The SMILES string of the molecule is O=C(CCn1ccc(=O)[nH]c1=O)Nc1ccc2nc[nH]c2c1. The Bertz CT molecular complexity index is 937. The summed E-state index contributed by atoms with van der Waals surface area (Å²) in [4.78, 5) is 43.6. The van der Waals surface area contributed by atoms with Crippen molar-refractivity contribution >= 4 is 22.6 Å². The van der Waals surface area contributed by atoms with Crippen molar-refractivity contribution in [3.05, 3.63) is 57.6 Å². The number of aromatic nitrogens is 4. The maximum atomic E-state index is 11.9. The quantitative estimate of drug-likeness (QED) is 0.648. The number of carbonyl (C=O) groups is 1. The molecule has 0 spiro atoms. The molecule has 3 aromatic rings. The van der Waals surface area contributed by atoms with E-state index >= 15 is 0 Å². The monoisotopic (exact) mass is 299 g/mol. The third-order valence-corrected chi connectivity index (χ3v) is 3.18. The Morgan fingerprint density at radius 3 is 2.95 bits per heavy atom. The number of fused-ring (bicyclic) bond motifs is 1. The first-order valence-electron chi connectivity index (χ1n) is 6.64. The number of hydrogen-bond acceptors (Lipinski definition) is 4. The van der Waals surface area contributed by atoms with Gasteiger partial charge in [-0.25, -0.2) is 9.78 Å². The Hall–Kier alpha value is -3.16. The van der Waals surface area contributed by atoms with Crippen molar-refractivity contribution in [2.24, 2.45) is 0 Å². The number of aromatic amines is 2. The lowest BCUT2D eigenvalue weighted by atomic mass is 10.2. The molecule has 0 fully saturated rings. The molecule has 0 aliphatic carbocycles. The topological polar surface area (TPSA) is 113 Å². The summed E-state index contributed by atoms with van der Waals surface area (Å²) >= 11 is 0. The average molecular weight is 299 g/mol. The normalized spacial score (nSPS) is 10.7. The first-order valence-corrected chi connectivity index (χ1v) is 6.64. The van der Waals surface area contributed by atoms with E-state index in [-0.39, 0.29) is 18.9 Å². The zero-order valence-electron chi connectivity index (χ0n) is 11.5. The molecule has 0 bridgehead atoms. The van der Waals surface area contributed by atoms with Crippen LogP contribution in [0.15, 0.2) is 46.4 Å². The van der Waals surface area contributed by atoms with Gasteiger partial charge in [-0.05, 0) is 18.2 Å². The first-order chi connectivity index (χ1) is 10.6. The molecular formula is C14H13N5O3. The fourth-order valence-corrected chi connectivity index (χ4v) is 2.08. The van der Waals surface area contributed by atoms with Crippen molar-refractivity contribution in [3.8, 4) is 0 Å².